The number of carboxylic acids is 1. The van der Waals surface area contributed by atoms with Gasteiger partial charge >= 0.3 is 5.97 Å². The lowest BCUT2D eigenvalue weighted by atomic mass is 9.87. The summed E-state index contributed by atoms with van der Waals surface area (Å²) >= 11 is 0. The Labute approximate surface area is 112 Å². The van der Waals surface area contributed by atoms with Gasteiger partial charge in [-0.1, -0.05) is 6.92 Å². The summed E-state index contributed by atoms with van der Waals surface area (Å²) in [6, 6.07) is 3.57. The van der Waals surface area contributed by atoms with Crippen LogP contribution in [0.5, 0.6) is 0 Å². The fourth-order valence-electron chi connectivity index (χ4n) is 2.57. The van der Waals surface area contributed by atoms with Crippen LogP contribution in [-0.4, -0.2) is 27.6 Å². The van der Waals surface area contributed by atoms with Gasteiger partial charge in [0.2, 0.25) is 0 Å². The van der Waals surface area contributed by atoms with E-state index in [2.05, 4.69) is 12.2 Å². The normalized spacial score (nSPS) is 23.0. The molecule has 1 saturated carbocycles. The molecule has 19 heavy (non-hydrogen) atoms. The van der Waals surface area contributed by atoms with Gasteiger partial charge in [0.25, 0.3) is 5.91 Å². The highest BCUT2D eigenvalue weighted by Gasteiger charge is 2.21. The van der Waals surface area contributed by atoms with Gasteiger partial charge in [-0.25, -0.2) is 0 Å². The van der Waals surface area contributed by atoms with Crippen molar-refractivity contribution in [3.05, 3.63) is 24.0 Å². The molecular weight excluding hydrogens is 244 g/mol. The maximum atomic E-state index is 12.1. The molecule has 0 aliphatic heterocycles. The largest absolute Gasteiger partial charge is 0.480 e. The second-order valence-corrected chi connectivity index (χ2v) is 5.35. The summed E-state index contributed by atoms with van der Waals surface area (Å²) in [5.41, 5.74) is 0.418. The van der Waals surface area contributed by atoms with Crippen molar-refractivity contribution in [3.63, 3.8) is 0 Å². The number of hydrogen-bond acceptors (Lipinski definition) is 2. The van der Waals surface area contributed by atoms with Crippen LogP contribution in [0, 0.1) is 5.92 Å². The highest BCUT2D eigenvalue weighted by molar-refractivity contribution is 5.93. The average molecular weight is 264 g/mol. The minimum absolute atomic E-state index is 0.175. The van der Waals surface area contributed by atoms with E-state index >= 15 is 0 Å². The monoisotopic (exact) mass is 264 g/mol. The number of carboxylic acid groups (broad SMARTS) is 1. The molecule has 1 heterocycles. The zero-order chi connectivity index (χ0) is 13.8. The third-order valence-corrected chi connectivity index (χ3v) is 3.72. The van der Waals surface area contributed by atoms with Crippen LogP contribution in [0.1, 0.15) is 43.1 Å². The van der Waals surface area contributed by atoms with Crippen molar-refractivity contribution in [3.8, 4) is 0 Å². The Kier molecular flexibility index (Phi) is 4.24. The lowest BCUT2D eigenvalue weighted by Crippen LogP contribution is -2.38. The fourth-order valence-corrected chi connectivity index (χ4v) is 2.57. The molecule has 0 bridgehead atoms. The summed E-state index contributed by atoms with van der Waals surface area (Å²) < 4.78 is 1.46. The van der Waals surface area contributed by atoms with E-state index in [-0.39, 0.29) is 18.5 Å². The van der Waals surface area contributed by atoms with Crippen molar-refractivity contribution in [1.82, 2.24) is 9.88 Å². The van der Waals surface area contributed by atoms with Gasteiger partial charge in [0.05, 0.1) is 0 Å². The van der Waals surface area contributed by atoms with Crippen LogP contribution >= 0.6 is 0 Å². The highest BCUT2D eigenvalue weighted by Crippen LogP contribution is 2.23. The van der Waals surface area contributed by atoms with Crippen LogP contribution in [-0.2, 0) is 11.3 Å². The van der Waals surface area contributed by atoms with E-state index in [0.717, 1.165) is 31.6 Å². The first-order chi connectivity index (χ1) is 9.06. The van der Waals surface area contributed by atoms with E-state index in [4.69, 9.17) is 5.11 Å². The molecule has 1 aliphatic carbocycles. The topological polar surface area (TPSA) is 71.3 Å². The van der Waals surface area contributed by atoms with Gasteiger partial charge in [-0.15, -0.1) is 0 Å². The van der Waals surface area contributed by atoms with Crippen LogP contribution < -0.4 is 5.32 Å². The van der Waals surface area contributed by atoms with E-state index in [1.807, 2.05) is 0 Å². The summed E-state index contributed by atoms with van der Waals surface area (Å²) in [6.07, 6.45) is 5.91. The SMILES string of the molecule is CC1CCC(NC(=O)c2cccn2CC(=O)O)CC1. The van der Waals surface area contributed by atoms with E-state index in [1.54, 1.807) is 18.3 Å². The first-order valence-electron chi connectivity index (χ1n) is 6.74. The molecule has 2 N–H and O–H groups in total. The highest BCUT2D eigenvalue weighted by atomic mass is 16.4. The van der Waals surface area contributed by atoms with Crippen LogP contribution in [0.15, 0.2) is 18.3 Å². The number of rotatable bonds is 4. The Hall–Kier alpha value is -1.78. The second kappa shape index (κ2) is 5.91. The third-order valence-electron chi connectivity index (χ3n) is 3.72. The van der Waals surface area contributed by atoms with Crippen molar-refractivity contribution in [2.75, 3.05) is 0 Å². The van der Waals surface area contributed by atoms with Crippen molar-refractivity contribution >= 4 is 11.9 Å². The quantitative estimate of drug-likeness (QED) is 0.872. The van der Waals surface area contributed by atoms with Crippen molar-refractivity contribution in [2.45, 2.75) is 45.2 Å². The molecule has 0 aromatic carbocycles. The molecule has 1 aromatic heterocycles. The number of nitrogens with zero attached hydrogens (tertiary/aromatic N) is 1. The predicted octanol–water partition coefficient (Wildman–Crippen LogP) is 1.88. The van der Waals surface area contributed by atoms with E-state index < -0.39 is 5.97 Å². The molecule has 0 saturated heterocycles. The molecule has 2 rings (SSSR count). The molecule has 0 unspecified atom stereocenters. The lowest BCUT2D eigenvalue weighted by Gasteiger charge is -2.27. The Balaban J connectivity index is 1.96. The van der Waals surface area contributed by atoms with E-state index in [0.29, 0.717) is 5.69 Å². The molecule has 0 atom stereocenters. The molecule has 0 spiro atoms. The number of amides is 1. The predicted molar refractivity (Wildman–Crippen MR) is 71.0 cm³/mol. The van der Waals surface area contributed by atoms with Gasteiger partial charge < -0.3 is 15.0 Å². The van der Waals surface area contributed by atoms with Crippen LogP contribution in [0.3, 0.4) is 0 Å². The smallest absolute Gasteiger partial charge is 0.323 e. The van der Waals surface area contributed by atoms with Crippen molar-refractivity contribution < 1.29 is 14.7 Å². The van der Waals surface area contributed by atoms with E-state index in [1.165, 1.54) is 4.57 Å². The second-order valence-electron chi connectivity index (χ2n) is 5.35. The minimum atomic E-state index is -0.947. The Morgan fingerprint density at radius 2 is 2.05 bits per heavy atom. The molecule has 5 heteroatoms. The molecule has 1 amide bonds. The standard InChI is InChI=1S/C14H20N2O3/c1-10-4-6-11(7-5-10)15-14(19)12-3-2-8-16(12)9-13(17)18/h2-3,8,10-11H,4-7,9H2,1H3,(H,15,19)(H,17,18). The number of aliphatic carboxylic acids is 1. The number of carbonyl (C=O) groups is 2. The number of aromatic nitrogens is 1. The van der Waals surface area contributed by atoms with Crippen molar-refractivity contribution in [1.29, 1.82) is 0 Å². The first-order valence-corrected chi connectivity index (χ1v) is 6.74. The zero-order valence-electron chi connectivity index (χ0n) is 11.1. The molecular formula is C14H20N2O3. The van der Waals surface area contributed by atoms with Gasteiger partial charge in [-0.2, -0.15) is 0 Å². The summed E-state index contributed by atoms with van der Waals surface area (Å²) in [5, 5.41) is 11.8. The summed E-state index contributed by atoms with van der Waals surface area (Å²) in [6.45, 7) is 2.05. The number of hydrogen-bond donors (Lipinski definition) is 2. The first kappa shape index (κ1) is 13.6. The fraction of sp³-hybridized carbons (Fsp3) is 0.571. The summed E-state index contributed by atoms with van der Waals surface area (Å²) in [5.74, 6) is -0.383. The molecule has 5 nitrogen and oxygen atoms in total. The van der Waals surface area contributed by atoms with Gasteiger partial charge in [0.1, 0.15) is 12.2 Å². The van der Waals surface area contributed by atoms with Gasteiger partial charge in [0.15, 0.2) is 0 Å². The van der Waals surface area contributed by atoms with Crippen molar-refractivity contribution in [2.24, 2.45) is 5.92 Å². The number of nitrogens with one attached hydrogen (secondary N) is 1. The lowest BCUT2D eigenvalue weighted by molar-refractivity contribution is -0.137. The summed E-state index contributed by atoms with van der Waals surface area (Å²) in [7, 11) is 0. The third kappa shape index (κ3) is 3.59. The van der Waals surface area contributed by atoms with Gasteiger partial charge in [-0.05, 0) is 43.7 Å². The maximum Gasteiger partial charge on any atom is 0.323 e. The van der Waals surface area contributed by atoms with Gasteiger partial charge in [-0.3, -0.25) is 9.59 Å². The Morgan fingerprint density at radius 3 is 2.68 bits per heavy atom. The van der Waals surface area contributed by atoms with Crippen LogP contribution in [0.2, 0.25) is 0 Å². The number of carbonyl (C=O) groups excluding carboxylic acids is 1. The summed E-state index contributed by atoms with van der Waals surface area (Å²) in [4.78, 5) is 22.8. The van der Waals surface area contributed by atoms with E-state index in [9.17, 15) is 9.59 Å². The van der Waals surface area contributed by atoms with Crippen LogP contribution in [0.25, 0.3) is 0 Å². The maximum absolute atomic E-state index is 12.1. The molecule has 104 valence electrons. The molecule has 1 fully saturated rings. The molecule has 0 radical (unpaired) electrons. The Bertz CT molecular complexity index is 459. The zero-order valence-corrected chi connectivity index (χ0v) is 11.1. The minimum Gasteiger partial charge on any atom is -0.480 e. The molecule has 1 aliphatic rings. The molecule has 1 aromatic rings. The van der Waals surface area contributed by atoms with Crippen LogP contribution in [0.4, 0.5) is 0 Å². The Morgan fingerprint density at radius 1 is 1.37 bits per heavy atom. The average Bonchev–Trinajstić information content (AvgIpc) is 2.79. The van der Waals surface area contributed by atoms with Gasteiger partial charge in [0, 0.05) is 12.2 Å².